The van der Waals surface area contributed by atoms with Gasteiger partial charge in [0.25, 0.3) is 0 Å². The Morgan fingerprint density at radius 1 is 1.45 bits per heavy atom. The van der Waals surface area contributed by atoms with Crippen LogP contribution in [0.1, 0.15) is 12.8 Å². The van der Waals surface area contributed by atoms with Crippen molar-refractivity contribution in [2.75, 3.05) is 17.7 Å². The highest BCUT2D eigenvalue weighted by Gasteiger charge is 2.16. The molecule has 0 bridgehead atoms. The Morgan fingerprint density at radius 3 is 3.20 bits per heavy atom. The molecule has 2 aromatic rings. The van der Waals surface area contributed by atoms with Crippen LogP contribution in [0.5, 0.6) is 0 Å². The van der Waals surface area contributed by atoms with E-state index in [1.807, 2.05) is 24.3 Å². The van der Waals surface area contributed by atoms with E-state index < -0.39 is 0 Å². The third-order valence-electron chi connectivity index (χ3n) is 2.90. The number of nitrogens with one attached hydrogen (secondary N) is 1. The minimum atomic E-state index is 0.369. The van der Waals surface area contributed by atoms with Crippen molar-refractivity contribution in [3.05, 3.63) is 29.3 Å². The van der Waals surface area contributed by atoms with E-state index in [4.69, 9.17) is 16.3 Å². The summed E-state index contributed by atoms with van der Waals surface area (Å²) in [6.45, 7) is 0.892. The first-order valence-electron chi connectivity index (χ1n) is 6.40. The number of benzene rings is 1. The fourth-order valence-electron chi connectivity index (χ4n) is 1.95. The van der Waals surface area contributed by atoms with Crippen LogP contribution >= 0.6 is 34.7 Å². The molecule has 20 heavy (non-hydrogen) atoms. The van der Waals surface area contributed by atoms with Gasteiger partial charge in [-0.3, -0.25) is 0 Å². The number of ether oxygens (including phenoxy) is 1. The molecule has 0 saturated carbocycles. The monoisotopic (exact) mass is 327 g/mol. The maximum Gasteiger partial charge on any atom is 0.210 e. The number of aromatic nitrogens is 2. The summed E-state index contributed by atoms with van der Waals surface area (Å²) in [5.41, 5.74) is 0.921. The summed E-state index contributed by atoms with van der Waals surface area (Å²) in [6, 6.07) is 7.56. The minimum absolute atomic E-state index is 0.369. The number of hydrogen-bond acceptors (Lipinski definition) is 6. The quantitative estimate of drug-likeness (QED) is 0.834. The molecular weight excluding hydrogens is 314 g/mol. The lowest BCUT2D eigenvalue weighted by Gasteiger charge is -2.05. The molecule has 1 atom stereocenters. The summed E-state index contributed by atoms with van der Waals surface area (Å²) >= 11 is 9.20. The lowest BCUT2D eigenvalue weighted by atomic mass is 10.3. The Kier molecular flexibility index (Phi) is 4.77. The molecule has 3 rings (SSSR count). The van der Waals surface area contributed by atoms with E-state index in [2.05, 4.69) is 15.5 Å². The first-order chi connectivity index (χ1) is 9.79. The van der Waals surface area contributed by atoms with E-state index in [1.165, 1.54) is 6.42 Å². The Morgan fingerprint density at radius 2 is 2.40 bits per heavy atom. The van der Waals surface area contributed by atoms with E-state index in [1.54, 1.807) is 23.1 Å². The highest BCUT2D eigenvalue weighted by Crippen LogP contribution is 2.30. The van der Waals surface area contributed by atoms with Crippen molar-refractivity contribution in [1.29, 1.82) is 0 Å². The smallest absolute Gasteiger partial charge is 0.210 e. The Balaban J connectivity index is 1.56. The van der Waals surface area contributed by atoms with Gasteiger partial charge in [-0.1, -0.05) is 40.8 Å². The Hall–Kier alpha value is -0.820. The summed E-state index contributed by atoms with van der Waals surface area (Å²) in [7, 11) is 0. The number of anilines is 2. The molecule has 0 unspecified atom stereocenters. The van der Waals surface area contributed by atoms with Crippen LogP contribution in [0.3, 0.4) is 0 Å². The van der Waals surface area contributed by atoms with Crippen LogP contribution in [0.4, 0.5) is 10.8 Å². The molecule has 4 nitrogen and oxygen atoms in total. The average molecular weight is 328 g/mol. The van der Waals surface area contributed by atoms with Crippen LogP contribution in [-0.2, 0) is 4.74 Å². The molecule has 1 fully saturated rings. The maximum atomic E-state index is 5.95. The van der Waals surface area contributed by atoms with Crippen LogP contribution in [0, 0.1) is 0 Å². The number of thioether (sulfide) groups is 1. The van der Waals surface area contributed by atoms with Gasteiger partial charge >= 0.3 is 0 Å². The number of hydrogen-bond donors (Lipinski definition) is 1. The van der Waals surface area contributed by atoms with Crippen LogP contribution in [0.15, 0.2) is 28.6 Å². The molecule has 7 heteroatoms. The van der Waals surface area contributed by atoms with Gasteiger partial charge in [0.2, 0.25) is 5.13 Å². The third-order valence-corrected chi connectivity index (χ3v) is 5.24. The van der Waals surface area contributed by atoms with Gasteiger partial charge in [-0.25, -0.2) is 0 Å². The molecular formula is C13H14ClN3OS2. The molecule has 1 aliphatic heterocycles. The highest BCUT2D eigenvalue weighted by atomic mass is 35.5. The van der Waals surface area contributed by atoms with Crippen molar-refractivity contribution in [1.82, 2.24) is 10.2 Å². The Bertz CT molecular complexity index is 572. The molecule has 0 radical (unpaired) electrons. The normalized spacial score (nSPS) is 18.4. The minimum Gasteiger partial charge on any atom is -0.377 e. The number of rotatable bonds is 5. The number of halogens is 1. The van der Waals surface area contributed by atoms with E-state index in [0.717, 1.165) is 33.9 Å². The van der Waals surface area contributed by atoms with Gasteiger partial charge in [-0.05, 0) is 31.0 Å². The summed E-state index contributed by atoms with van der Waals surface area (Å²) in [6.07, 6.45) is 2.69. The summed E-state index contributed by atoms with van der Waals surface area (Å²) in [5.74, 6) is 0.950. The Labute approximate surface area is 130 Å². The van der Waals surface area contributed by atoms with E-state index >= 15 is 0 Å². The van der Waals surface area contributed by atoms with Crippen LogP contribution < -0.4 is 5.32 Å². The molecule has 0 aliphatic carbocycles. The van der Waals surface area contributed by atoms with E-state index in [-0.39, 0.29) is 0 Å². The van der Waals surface area contributed by atoms with Crippen molar-refractivity contribution < 1.29 is 4.74 Å². The van der Waals surface area contributed by atoms with Crippen molar-refractivity contribution >= 4 is 45.5 Å². The largest absolute Gasteiger partial charge is 0.377 e. The molecule has 0 spiro atoms. The van der Waals surface area contributed by atoms with Gasteiger partial charge < -0.3 is 10.1 Å². The average Bonchev–Trinajstić information content (AvgIpc) is 3.07. The van der Waals surface area contributed by atoms with Crippen molar-refractivity contribution in [3.63, 3.8) is 0 Å². The molecule has 0 amide bonds. The topological polar surface area (TPSA) is 47.0 Å². The molecule has 1 saturated heterocycles. The fourth-order valence-corrected chi connectivity index (χ4v) is 4.00. The molecule has 2 heterocycles. The molecule has 1 N–H and O–H groups in total. The number of nitrogens with zero attached hydrogens (tertiary/aromatic N) is 2. The second kappa shape index (κ2) is 6.76. The third kappa shape index (κ3) is 3.85. The predicted molar refractivity (Wildman–Crippen MR) is 84.3 cm³/mol. The van der Waals surface area contributed by atoms with Gasteiger partial charge in [0.05, 0.1) is 6.10 Å². The van der Waals surface area contributed by atoms with Crippen LogP contribution in [0.25, 0.3) is 0 Å². The highest BCUT2D eigenvalue weighted by molar-refractivity contribution is 8.01. The fraction of sp³-hybridized carbons (Fsp3) is 0.385. The maximum absolute atomic E-state index is 5.95. The van der Waals surface area contributed by atoms with Gasteiger partial charge in [0.1, 0.15) is 0 Å². The second-order valence-corrected chi connectivity index (χ2v) is 7.14. The van der Waals surface area contributed by atoms with Gasteiger partial charge in [0, 0.05) is 23.1 Å². The zero-order valence-electron chi connectivity index (χ0n) is 10.7. The summed E-state index contributed by atoms with van der Waals surface area (Å²) in [4.78, 5) is 0. The molecule has 1 aromatic heterocycles. The summed E-state index contributed by atoms with van der Waals surface area (Å²) < 4.78 is 6.56. The predicted octanol–water partition coefficient (Wildman–Crippen LogP) is 4.21. The molecule has 1 aromatic carbocycles. The van der Waals surface area contributed by atoms with Crippen molar-refractivity contribution in [2.45, 2.75) is 23.3 Å². The van der Waals surface area contributed by atoms with Crippen molar-refractivity contribution in [2.24, 2.45) is 0 Å². The lowest BCUT2D eigenvalue weighted by Crippen LogP contribution is -2.07. The zero-order valence-corrected chi connectivity index (χ0v) is 13.1. The molecule has 1 aliphatic rings. The second-order valence-electron chi connectivity index (χ2n) is 4.45. The van der Waals surface area contributed by atoms with E-state index in [9.17, 15) is 0 Å². The van der Waals surface area contributed by atoms with Gasteiger partial charge in [-0.2, -0.15) is 0 Å². The molecule has 106 valence electrons. The zero-order chi connectivity index (χ0) is 13.8. The van der Waals surface area contributed by atoms with Crippen LogP contribution in [0.2, 0.25) is 5.02 Å². The summed E-state index contributed by atoms with van der Waals surface area (Å²) in [5, 5.41) is 13.0. The standard InChI is InChI=1S/C13H14ClN3OS2/c14-9-3-1-4-10(7-9)15-12-16-17-13(20-12)19-8-11-5-2-6-18-11/h1,3-4,7,11H,2,5-6,8H2,(H,15,16)/t11-/m0/s1. The van der Waals surface area contributed by atoms with Gasteiger partial charge in [-0.15, -0.1) is 10.2 Å². The van der Waals surface area contributed by atoms with E-state index in [0.29, 0.717) is 11.1 Å². The van der Waals surface area contributed by atoms with Crippen LogP contribution in [-0.4, -0.2) is 28.7 Å². The first kappa shape index (κ1) is 14.1. The van der Waals surface area contributed by atoms with Gasteiger partial charge in [0.15, 0.2) is 4.34 Å². The SMILES string of the molecule is Clc1cccc(Nc2nnc(SC[C@@H]3CCCO3)s2)c1. The van der Waals surface area contributed by atoms with Crippen molar-refractivity contribution in [3.8, 4) is 0 Å². The lowest BCUT2D eigenvalue weighted by molar-refractivity contribution is 0.129. The first-order valence-corrected chi connectivity index (χ1v) is 8.58.